The number of nitrogens with zero attached hydrogens (tertiary/aromatic N) is 4. The van der Waals surface area contributed by atoms with Crippen LogP contribution < -0.4 is 4.90 Å². The van der Waals surface area contributed by atoms with Gasteiger partial charge in [0.2, 0.25) is 0 Å². The van der Waals surface area contributed by atoms with E-state index in [4.69, 9.17) is 4.98 Å². The zero-order chi connectivity index (χ0) is 22.2. The molecule has 2 aliphatic rings. The van der Waals surface area contributed by atoms with E-state index in [1.165, 1.54) is 52.9 Å². The minimum atomic E-state index is 0.709. The molecule has 4 heteroatoms. The summed E-state index contributed by atoms with van der Waals surface area (Å²) in [4.78, 5) is 16.6. The third-order valence-electron chi connectivity index (χ3n) is 6.86. The predicted molar refractivity (Wildman–Crippen MR) is 133 cm³/mol. The molecule has 0 amide bonds. The molecule has 1 saturated carbocycles. The first kappa shape index (κ1) is 20.1. The van der Waals surface area contributed by atoms with Crippen molar-refractivity contribution in [2.24, 2.45) is 0 Å². The molecule has 0 bridgehead atoms. The molecule has 0 radical (unpaired) electrons. The van der Waals surface area contributed by atoms with Gasteiger partial charge in [-0.1, -0.05) is 36.4 Å². The quantitative estimate of drug-likeness (QED) is 0.363. The summed E-state index contributed by atoms with van der Waals surface area (Å²) in [5, 5.41) is 0. The maximum Gasteiger partial charge on any atom is 0.0886 e. The van der Waals surface area contributed by atoms with Crippen molar-refractivity contribution in [1.29, 1.82) is 0 Å². The lowest BCUT2D eigenvalue weighted by atomic mass is 9.98. The first-order valence-electron chi connectivity index (χ1n) is 12.0. The summed E-state index contributed by atoms with van der Waals surface area (Å²) < 4.78 is 0. The zero-order valence-corrected chi connectivity index (χ0v) is 19.0. The highest BCUT2D eigenvalue weighted by molar-refractivity contribution is 5.72. The predicted octanol–water partition coefficient (Wildman–Crippen LogP) is 6.21. The first-order valence-corrected chi connectivity index (χ1v) is 12.0. The molecule has 6 rings (SSSR count). The van der Waals surface area contributed by atoms with Crippen molar-refractivity contribution >= 4 is 5.69 Å². The highest BCUT2D eigenvalue weighted by Gasteiger charge is 2.28. The third kappa shape index (κ3) is 4.02. The van der Waals surface area contributed by atoms with Crippen LogP contribution in [0.4, 0.5) is 5.69 Å². The highest BCUT2D eigenvalue weighted by Crippen LogP contribution is 2.45. The molecule has 0 N–H and O–H groups in total. The van der Waals surface area contributed by atoms with Gasteiger partial charge >= 0.3 is 0 Å². The van der Waals surface area contributed by atoms with Crippen LogP contribution in [0.25, 0.3) is 22.6 Å². The van der Waals surface area contributed by atoms with E-state index in [2.05, 4.69) is 64.4 Å². The highest BCUT2D eigenvalue weighted by atomic mass is 15.1. The minimum absolute atomic E-state index is 0.709. The van der Waals surface area contributed by atoms with Gasteiger partial charge in [-0.2, -0.15) is 0 Å². The summed E-state index contributed by atoms with van der Waals surface area (Å²) in [6.45, 7) is 0.815. The molecule has 2 aliphatic carbocycles. The Labute approximate surface area is 195 Å². The minimum Gasteiger partial charge on any atom is -0.370 e. The Morgan fingerprint density at radius 2 is 1.73 bits per heavy atom. The Bertz CT molecular complexity index is 1280. The van der Waals surface area contributed by atoms with Gasteiger partial charge in [-0.15, -0.1) is 0 Å². The van der Waals surface area contributed by atoms with Crippen LogP contribution in [0.15, 0.2) is 73.1 Å². The van der Waals surface area contributed by atoms with Gasteiger partial charge in [0.15, 0.2) is 0 Å². The van der Waals surface area contributed by atoms with Gasteiger partial charge in [0.1, 0.15) is 0 Å². The van der Waals surface area contributed by atoms with Crippen molar-refractivity contribution in [3.8, 4) is 22.6 Å². The fourth-order valence-electron chi connectivity index (χ4n) is 5.02. The van der Waals surface area contributed by atoms with E-state index in [9.17, 15) is 0 Å². The second kappa shape index (κ2) is 8.43. The fourth-order valence-corrected chi connectivity index (χ4v) is 5.02. The number of anilines is 1. The lowest BCUT2D eigenvalue weighted by Gasteiger charge is -2.24. The Balaban J connectivity index is 1.31. The molecule has 164 valence electrons. The van der Waals surface area contributed by atoms with Crippen LogP contribution in [0.2, 0.25) is 0 Å². The number of hydrogen-bond acceptors (Lipinski definition) is 4. The Morgan fingerprint density at radius 1 is 0.879 bits per heavy atom. The van der Waals surface area contributed by atoms with Crippen LogP contribution in [0, 0.1) is 0 Å². The molecule has 3 heterocycles. The average molecular weight is 433 g/mol. The van der Waals surface area contributed by atoms with Crippen molar-refractivity contribution in [2.75, 3.05) is 11.9 Å². The Kier molecular flexibility index (Phi) is 5.14. The first-order chi connectivity index (χ1) is 16.3. The van der Waals surface area contributed by atoms with E-state index in [1.54, 1.807) is 0 Å². The van der Waals surface area contributed by atoms with Gasteiger partial charge in [0.25, 0.3) is 0 Å². The van der Waals surface area contributed by atoms with Crippen molar-refractivity contribution in [3.05, 3.63) is 95.4 Å². The number of pyridine rings is 3. The molecule has 1 aromatic carbocycles. The SMILES string of the molecule is CN(Cc1ccc(-c2ccccn2)nc1)c1cc(-c2ccccc2C2CC2)nc2c1CCC2. The summed E-state index contributed by atoms with van der Waals surface area (Å²) in [6.07, 6.45) is 9.77. The summed E-state index contributed by atoms with van der Waals surface area (Å²) in [5.74, 6) is 0.709. The number of aryl methyl sites for hydroxylation is 1. The summed E-state index contributed by atoms with van der Waals surface area (Å²) in [5.41, 5.74) is 10.9. The van der Waals surface area contributed by atoms with E-state index in [0.717, 1.165) is 36.5 Å². The van der Waals surface area contributed by atoms with E-state index in [0.29, 0.717) is 5.92 Å². The van der Waals surface area contributed by atoms with Gasteiger partial charge in [-0.25, -0.2) is 0 Å². The average Bonchev–Trinajstić information content (AvgIpc) is 3.61. The van der Waals surface area contributed by atoms with Crippen LogP contribution in [-0.4, -0.2) is 22.0 Å². The lowest BCUT2D eigenvalue weighted by Crippen LogP contribution is -2.19. The number of aromatic nitrogens is 3. The summed E-state index contributed by atoms with van der Waals surface area (Å²) >= 11 is 0. The Morgan fingerprint density at radius 3 is 2.52 bits per heavy atom. The van der Waals surface area contributed by atoms with Gasteiger partial charge in [0.05, 0.1) is 17.1 Å². The van der Waals surface area contributed by atoms with Crippen molar-refractivity contribution in [2.45, 2.75) is 44.6 Å². The lowest BCUT2D eigenvalue weighted by molar-refractivity contribution is 0.886. The number of rotatable bonds is 6. The van der Waals surface area contributed by atoms with Gasteiger partial charge in [-0.05, 0) is 79.0 Å². The monoisotopic (exact) mass is 432 g/mol. The number of benzene rings is 1. The molecule has 1 fully saturated rings. The molecule has 0 saturated heterocycles. The van der Waals surface area contributed by atoms with Crippen LogP contribution in [0.1, 0.15) is 47.6 Å². The molecule has 3 aromatic heterocycles. The maximum atomic E-state index is 5.14. The largest absolute Gasteiger partial charge is 0.370 e. The Hall–Kier alpha value is -3.53. The molecular weight excluding hydrogens is 404 g/mol. The van der Waals surface area contributed by atoms with Crippen molar-refractivity contribution in [1.82, 2.24) is 15.0 Å². The fraction of sp³-hybridized carbons (Fsp3) is 0.276. The third-order valence-corrected chi connectivity index (χ3v) is 6.86. The normalized spacial score (nSPS) is 14.8. The topological polar surface area (TPSA) is 41.9 Å². The van der Waals surface area contributed by atoms with E-state index >= 15 is 0 Å². The molecule has 4 nitrogen and oxygen atoms in total. The van der Waals surface area contributed by atoms with Gasteiger partial charge in [0, 0.05) is 42.9 Å². The molecular formula is C29H28N4. The van der Waals surface area contributed by atoms with E-state index in [-0.39, 0.29) is 0 Å². The van der Waals surface area contributed by atoms with Crippen molar-refractivity contribution < 1.29 is 0 Å². The van der Waals surface area contributed by atoms with Gasteiger partial charge < -0.3 is 4.90 Å². The molecule has 0 atom stereocenters. The van der Waals surface area contributed by atoms with Gasteiger partial charge in [-0.3, -0.25) is 15.0 Å². The maximum absolute atomic E-state index is 5.14. The number of hydrogen-bond donors (Lipinski definition) is 0. The molecule has 4 aromatic rings. The molecule has 0 aliphatic heterocycles. The standard InChI is InChI=1S/C29H28N4/c1-33(19-20-12-15-27(31-18-20)26-10-4-5-16-30-26)29-17-28(32-25-11-6-9-24(25)29)23-8-3-2-7-22(23)21-13-14-21/h2-5,7-8,10,12,15-18,21H,6,9,11,13-14,19H2,1H3. The zero-order valence-electron chi connectivity index (χ0n) is 19.0. The second-order valence-corrected chi connectivity index (χ2v) is 9.29. The van der Waals surface area contributed by atoms with E-state index < -0.39 is 0 Å². The number of fused-ring (bicyclic) bond motifs is 1. The summed E-state index contributed by atoms with van der Waals surface area (Å²) in [6, 6.07) is 21.3. The van der Waals surface area contributed by atoms with Crippen molar-refractivity contribution in [3.63, 3.8) is 0 Å². The molecule has 0 spiro atoms. The molecule has 33 heavy (non-hydrogen) atoms. The second-order valence-electron chi connectivity index (χ2n) is 9.29. The van der Waals surface area contributed by atoms with Crippen LogP contribution in [0.3, 0.4) is 0 Å². The van der Waals surface area contributed by atoms with Crippen LogP contribution in [-0.2, 0) is 19.4 Å². The van der Waals surface area contributed by atoms with E-state index in [1.807, 2.05) is 30.6 Å². The van der Waals surface area contributed by atoms with Crippen LogP contribution >= 0.6 is 0 Å². The molecule has 0 unspecified atom stereocenters. The summed E-state index contributed by atoms with van der Waals surface area (Å²) in [7, 11) is 2.19. The van der Waals surface area contributed by atoms with Crippen LogP contribution in [0.5, 0.6) is 0 Å². The smallest absolute Gasteiger partial charge is 0.0886 e.